The van der Waals surface area contributed by atoms with E-state index in [-0.39, 0.29) is 5.97 Å². The van der Waals surface area contributed by atoms with Crippen molar-refractivity contribution < 1.29 is 9.53 Å². The molecule has 0 atom stereocenters. The topological polar surface area (TPSA) is 38.3 Å². The Morgan fingerprint density at radius 2 is 1.73 bits per heavy atom. The second-order valence-corrected chi connectivity index (χ2v) is 5.27. The lowest BCUT2D eigenvalue weighted by Gasteiger charge is -2.08. The lowest BCUT2D eigenvalue weighted by Crippen LogP contribution is -2.05. The molecule has 0 aromatic heterocycles. The molecule has 0 saturated carbocycles. The molecule has 0 bridgehead atoms. The number of benzene rings is 2. The van der Waals surface area contributed by atoms with Gasteiger partial charge in [0.1, 0.15) is 6.61 Å². The first-order valence-electron chi connectivity index (χ1n) is 7.84. The number of esters is 1. The zero-order valence-corrected chi connectivity index (χ0v) is 13.0. The number of rotatable bonds is 8. The van der Waals surface area contributed by atoms with Crippen LogP contribution in [-0.4, -0.2) is 12.5 Å². The Morgan fingerprint density at radius 3 is 2.41 bits per heavy atom. The van der Waals surface area contributed by atoms with E-state index in [9.17, 15) is 4.79 Å². The van der Waals surface area contributed by atoms with Crippen molar-refractivity contribution in [3.63, 3.8) is 0 Å². The molecule has 1 N–H and O–H groups in total. The fraction of sp³-hybridized carbons (Fsp3) is 0.316. The molecular formula is C19H23NO2. The van der Waals surface area contributed by atoms with E-state index in [1.165, 1.54) is 19.3 Å². The average Bonchev–Trinajstić information content (AvgIpc) is 2.58. The number of nitrogens with one attached hydrogen (secondary N) is 1. The van der Waals surface area contributed by atoms with E-state index in [0.717, 1.165) is 17.8 Å². The summed E-state index contributed by atoms with van der Waals surface area (Å²) in [6.45, 7) is 3.49. The molecule has 2 rings (SSSR count). The molecule has 3 nitrogen and oxygen atoms in total. The van der Waals surface area contributed by atoms with Crippen molar-refractivity contribution in [1.29, 1.82) is 0 Å². The molecule has 3 heteroatoms. The lowest BCUT2D eigenvalue weighted by molar-refractivity contribution is 0.0473. The van der Waals surface area contributed by atoms with Gasteiger partial charge >= 0.3 is 5.97 Å². The van der Waals surface area contributed by atoms with E-state index in [1.807, 2.05) is 42.5 Å². The van der Waals surface area contributed by atoms with Crippen molar-refractivity contribution in [2.75, 3.05) is 11.9 Å². The Labute approximate surface area is 132 Å². The second kappa shape index (κ2) is 8.88. The highest BCUT2D eigenvalue weighted by Crippen LogP contribution is 2.12. The first kappa shape index (κ1) is 16.1. The van der Waals surface area contributed by atoms with Gasteiger partial charge in [0, 0.05) is 12.2 Å². The van der Waals surface area contributed by atoms with Gasteiger partial charge in [-0.15, -0.1) is 0 Å². The van der Waals surface area contributed by atoms with Crippen LogP contribution < -0.4 is 5.32 Å². The van der Waals surface area contributed by atoms with Crippen LogP contribution in [0.1, 0.15) is 42.1 Å². The van der Waals surface area contributed by atoms with E-state index >= 15 is 0 Å². The third kappa shape index (κ3) is 5.24. The number of hydrogen-bond acceptors (Lipinski definition) is 3. The maximum atomic E-state index is 11.9. The van der Waals surface area contributed by atoms with Crippen LogP contribution >= 0.6 is 0 Å². The minimum atomic E-state index is -0.289. The Balaban J connectivity index is 1.78. The molecule has 116 valence electrons. The van der Waals surface area contributed by atoms with Gasteiger partial charge in [0.25, 0.3) is 0 Å². The molecule has 2 aromatic carbocycles. The van der Waals surface area contributed by atoms with Gasteiger partial charge in [0.05, 0.1) is 5.56 Å². The Hall–Kier alpha value is -2.29. The Kier molecular flexibility index (Phi) is 6.49. The van der Waals surface area contributed by atoms with Gasteiger partial charge in [0.2, 0.25) is 0 Å². The van der Waals surface area contributed by atoms with Gasteiger partial charge < -0.3 is 10.1 Å². The Morgan fingerprint density at radius 1 is 1.00 bits per heavy atom. The quantitative estimate of drug-likeness (QED) is 0.569. The van der Waals surface area contributed by atoms with Gasteiger partial charge in [-0.3, -0.25) is 0 Å². The highest BCUT2D eigenvalue weighted by Gasteiger charge is 2.06. The van der Waals surface area contributed by atoms with Crippen molar-refractivity contribution in [1.82, 2.24) is 0 Å². The minimum Gasteiger partial charge on any atom is -0.457 e. The summed E-state index contributed by atoms with van der Waals surface area (Å²) in [7, 11) is 0. The molecule has 0 spiro atoms. The molecule has 0 saturated heterocycles. The van der Waals surface area contributed by atoms with E-state index in [0.29, 0.717) is 12.2 Å². The number of ether oxygens (including phenoxy) is 1. The van der Waals surface area contributed by atoms with Crippen molar-refractivity contribution in [2.45, 2.75) is 32.8 Å². The van der Waals surface area contributed by atoms with Crippen molar-refractivity contribution in [2.24, 2.45) is 0 Å². The number of unbranched alkanes of at least 4 members (excludes halogenated alkanes) is 2. The van der Waals surface area contributed by atoms with Crippen LogP contribution in [0.4, 0.5) is 5.69 Å². The molecule has 0 unspecified atom stereocenters. The van der Waals surface area contributed by atoms with E-state index < -0.39 is 0 Å². The summed E-state index contributed by atoms with van der Waals surface area (Å²) in [5.74, 6) is -0.289. The normalized spacial score (nSPS) is 10.2. The molecule has 0 radical (unpaired) electrons. The number of carbonyl (C=O) groups excluding carboxylic acids is 1. The molecule has 0 amide bonds. The molecular weight excluding hydrogens is 274 g/mol. The molecule has 0 heterocycles. The molecule has 0 aliphatic carbocycles. The third-order valence-corrected chi connectivity index (χ3v) is 3.44. The minimum absolute atomic E-state index is 0.289. The highest BCUT2D eigenvalue weighted by atomic mass is 16.5. The van der Waals surface area contributed by atoms with E-state index in [1.54, 1.807) is 12.1 Å². The first-order chi connectivity index (χ1) is 10.8. The van der Waals surface area contributed by atoms with Gasteiger partial charge in [-0.1, -0.05) is 50.1 Å². The third-order valence-electron chi connectivity index (χ3n) is 3.44. The van der Waals surface area contributed by atoms with Crippen LogP contribution in [0.25, 0.3) is 0 Å². The zero-order chi connectivity index (χ0) is 15.6. The standard InChI is InChI=1S/C19H23NO2/c1-2-3-7-14-20-18-12-10-16(11-13-18)15-22-19(21)17-8-5-4-6-9-17/h4-6,8-13,20H,2-3,7,14-15H2,1H3. The van der Waals surface area contributed by atoms with Crippen LogP contribution in [0, 0.1) is 0 Å². The Bertz CT molecular complexity index is 564. The lowest BCUT2D eigenvalue weighted by atomic mass is 10.2. The number of hydrogen-bond donors (Lipinski definition) is 1. The fourth-order valence-electron chi connectivity index (χ4n) is 2.13. The SMILES string of the molecule is CCCCCNc1ccc(COC(=O)c2ccccc2)cc1. The summed E-state index contributed by atoms with van der Waals surface area (Å²) in [5.41, 5.74) is 2.68. The fourth-order valence-corrected chi connectivity index (χ4v) is 2.13. The summed E-state index contributed by atoms with van der Waals surface area (Å²) < 4.78 is 5.31. The number of anilines is 1. The maximum absolute atomic E-state index is 11.9. The molecule has 0 aliphatic rings. The van der Waals surface area contributed by atoms with Gasteiger partial charge in [0.15, 0.2) is 0 Å². The zero-order valence-electron chi connectivity index (χ0n) is 13.0. The van der Waals surface area contributed by atoms with Gasteiger partial charge in [-0.05, 0) is 36.2 Å². The van der Waals surface area contributed by atoms with Gasteiger partial charge in [-0.2, -0.15) is 0 Å². The largest absolute Gasteiger partial charge is 0.457 e. The van der Waals surface area contributed by atoms with Crippen molar-refractivity contribution in [3.8, 4) is 0 Å². The summed E-state index contributed by atoms with van der Waals surface area (Å²) in [6.07, 6.45) is 3.67. The summed E-state index contributed by atoms with van der Waals surface area (Å²) in [5, 5.41) is 3.39. The van der Waals surface area contributed by atoms with Gasteiger partial charge in [-0.25, -0.2) is 4.79 Å². The van der Waals surface area contributed by atoms with Crippen LogP contribution in [-0.2, 0) is 11.3 Å². The van der Waals surface area contributed by atoms with Crippen LogP contribution in [0.5, 0.6) is 0 Å². The second-order valence-electron chi connectivity index (χ2n) is 5.27. The van der Waals surface area contributed by atoms with Crippen molar-refractivity contribution >= 4 is 11.7 Å². The average molecular weight is 297 g/mol. The highest BCUT2D eigenvalue weighted by molar-refractivity contribution is 5.89. The summed E-state index contributed by atoms with van der Waals surface area (Å²) >= 11 is 0. The van der Waals surface area contributed by atoms with Crippen LogP contribution in [0.2, 0.25) is 0 Å². The van der Waals surface area contributed by atoms with Crippen LogP contribution in [0.3, 0.4) is 0 Å². The van der Waals surface area contributed by atoms with E-state index in [2.05, 4.69) is 12.2 Å². The predicted molar refractivity (Wildman–Crippen MR) is 90.0 cm³/mol. The molecule has 0 aliphatic heterocycles. The maximum Gasteiger partial charge on any atom is 0.338 e. The van der Waals surface area contributed by atoms with E-state index in [4.69, 9.17) is 4.74 Å². The number of carbonyl (C=O) groups is 1. The smallest absolute Gasteiger partial charge is 0.338 e. The van der Waals surface area contributed by atoms with Crippen molar-refractivity contribution in [3.05, 3.63) is 65.7 Å². The monoisotopic (exact) mass is 297 g/mol. The molecule has 22 heavy (non-hydrogen) atoms. The molecule has 2 aromatic rings. The predicted octanol–water partition coefficient (Wildman–Crippen LogP) is 4.65. The first-order valence-corrected chi connectivity index (χ1v) is 7.84. The van der Waals surface area contributed by atoms with Crippen LogP contribution in [0.15, 0.2) is 54.6 Å². The molecule has 0 fully saturated rings. The summed E-state index contributed by atoms with van der Waals surface area (Å²) in [6, 6.07) is 17.1. The summed E-state index contributed by atoms with van der Waals surface area (Å²) in [4.78, 5) is 11.9.